The second-order valence-corrected chi connectivity index (χ2v) is 4.46. The Bertz CT molecular complexity index is 454. The van der Waals surface area contributed by atoms with Crippen molar-refractivity contribution in [1.29, 1.82) is 0 Å². The molecule has 1 rings (SSSR count). The first-order valence-corrected chi connectivity index (χ1v) is 6.31. The molecule has 104 valence electrons. The third-order valence-electron chi connectivity index (χ3n) is 3.08. The highest BCUT2D eigenvalue weighted by molar-refractivity contribution is 5.91. The number of aliphatic hydroxyl groups is 1. The number of carbonyl (C=O) groups is 1. The molecule has 1 heterocycles. The molecule has 3 N–H and O–H groups in total. The van der Waals surface area contributed by atoms with E-state index in [1.54, 1.807) is 6.08 Å². The summed E-state index contributed by atoms with van der Waals surface area (Å²) in [5.74, 6) is -0.238. The van der Waals surface area contributed by atoms with Crippen LogP contribution >= 0.6 is 0 Å². The number of aromatic hydroxyl groups is 1. The first-order valence-electron chi connectivity index (χ1n) is 6.31. The van der Waals surface area contributed by atoms with Gasteiger partial charge in [0.2, 0.25) is 5.91 Å². The first-order chi connectivity index (χ1) is 8.99. The summed E-state index contributed by atoms with van der Waals surface area (Å²) in [5.41, 5.74) is -0.216. The molecule has 0 bridgehead atoms. The van der Waals surface area contributed by atoms with Gasteiger partial charge in [-0.05, 0) is 30.5 Å². The summed E-state index contributed by atoms with van der Waals surface area (Å²) in [4.78, 5) is 15.4. The van der Waals surface area contributed by atoms with Gasteiger partial charge in [0, 0.05) is 18.8 Å². The Morgan fingerprint density at radius 1 is 1.42 bits per heavy atom. The van der Waals surface area contributed by atoms with Gasteiger partial charge < -0.3 is 15.5 Å². The molecule has 0 radical (unpaired) electrons. The lowest BCUT2D eigenvalue weighted by atomic mass is 9.98. The maximum absolute atomic E-state index is 11.6. The SMILES string of the molecule is CCC(O)(CC)CNC(=O)/C=C/c1cncc(O)c1. The minimum absolute atomic E-state index is 0.0499. The van der Waals surface area contributed by atoms with Gasteiger partial charge >= 0.3 is 0 Å². The highest BCUT2D eigenvalue weighted by Crippen LogP contribution is 2.13. The van der Waals surface area contributed by atoms with Crippen molar-refractivity contribution in [2.24, 2.45) is 0 Å². The van der Waals surface area contributed by atoms with Crippen LogP contribution in [0.3, 0.4) is 0 Å². The lowest BCUT2D eigenvalue weighted by molar-refractivity contribution is -0.117. The molecular formula is C14H20N2O3. The fraction of sp³-hybridized carbons (Fsp3) is 0.429. The molecule has 1 aromatic heterocycles. The number of amides is 1. The normalized spacial score (nSPS) is 11.7. The molecule has 0 saturated carbocycles. The summed E-state index contributed by atoms with van der Waals surface area (Å²) >= 11 is 0. The third-order valence-corrected chi connectivity index (χ3v) is 3.08. The minimum Gasteiger partial charge on any atom is -0.506 e. The van der Waals surface area contributed by atoms with Crippen molar-refractivity contribution < 1.29 is 15.0 Å². The van der Waals surface area contributed by atoms with E-state index in [1.807, 2.05) is 13.8 Å². The second-order valence-electron chi connectivity index (χ2n) is 4.46. The summed E-state index contributed by atoms with van der Waals surface area (Å²) in [6.45, 7) is 3.98. The van der Waals surface area contributed by atoms with Crippen LogP contribution in [0.1, 0.15) is 32.3 Å². The lowest BCUT2D eigenvalue weighted by Gasteiger charge is -2.24. The zero-order valence-electron chi connectivity index (χ0n) is 11.3. The van der Waals surface area contributed by atoms with Crippen molar-refractivity contribution in [3.63, 3.8) is 0 Å². The number of hydrogen-bond acceptors (Lipinski definition) is 4. The van der Waals surface area contributed by atoms with Gasteiger partial charge in [0.1, 0.15) is 5.75 Å². The first kappa shape index (κ1) is 15.2. The van der Waals surface area contributed by atoms with Gasteiger partial charge in [-0.1, -0.05) is 13.8 Å². The summed E-state index contributed by atoms with van der Waals surface area (Å²) in [5, 5.41) is 21.9. The van der Waals surface area contributed by atoms with E-state index < -0.39 is 5.60 Å². The van der Waals surface area contributed by atoms with Crippen molar-refractivity contribution in [3.05, 3.63) is 30.1 Å². The summed E-state index contributed by atoms with van der Waals surface area (Å²) in [6, 6.07) is 1.51. The van der Waals surface area contributed by atoms with E-state index in [0.717, 1.165) is 0 Å². The van der Waals surface area contributed by atoms with Crippen LogP contribution in [-0.2, 0) is 4.79 Å². The largest absolute Gasteiger partial charge is 0.506 e. The Kier molecular flexibility index (Phi) is 5.51. The van der Waals surface area contributed by atoms with Crippen LogP contribution in [0.25, 0.3) is 6.08 Å². The van der Waals surface area contributed by atoms with E-state index in [1.165, 1.54) is 24.5 Å². The lowest BCUT2D eigenvalue weighted by Crippen LogP contribution is -2.41. The monoisotopic (exact) mass is 264 g/mol. The average Bonchev–Trinajstić information content (AvgIpc) is 2.42. The quantitative estimate of drug-likeness (QED) is 0.679. The van der Waals surface area contributed by atoms with Crippen LogP contribution in [0, 0.1) is 0 Å². The summed E-state index contributed by atoms with van der Waals surface area (Å²) in [6.07, 6.45) is 6.94. The van der Waals surface area contributed by atoms with Crippen molar-refractivity contribution in [1.82, 2.24) is 10.3 Å². The number of rotatable bonds is 6. The highest BCUT2D eigenvalue weighted by atomic mass is 16.3. The predicted octanol–water partition coefficient (Wildman–Crippen LogP) is 1.47. The van der Waals surface area contributed by atoms with Crippen LogP contribution < -0.4 is 5.32 Å². The van der Waals surface area contributed by atoms with Crippen molar-refractivity contribution in [2.75, 3.05) is 6.54 Å². The molecule has 1 amide bonds. The Balaban J connectivity index is 2.52. The van der Waals surface area contributed by atoms with Gasteiger partial charge in [0.05, 0.1) is 11.8 Å². The molecule has 5 heteroatoms. The number of nitrogens with one attached hydrogen (secondary N) is 1. The topological polar surface area (TPSA) is 82.5 Å². The fourth-order valence-electron chi connectivity index (χ4n) is 1.52. The maximum atomic E-state index is 11.6. The van der Waals surface area contributed by atoms with E-state index in [4.69, 9.17) is 0 Å². The van der Waals surface area contributed by atoms with Gasteiger partial charge in [0.15, 0.2) is 0 Å². The number of hydrogen-bond donors (Lipinski definition) is 3. The predicted molar refractivity (Wildman–Crippen MR) is 73.5 cm³/mol. The van der Waals surface area contributed by atoms with Crippen molar-refractivity contribution in [3.8, 4) is 5.75 Å². The molecule has 0 aromatic carbocycles. The zero-order valence-corrected chi connectivity index (χ0v) is 11.3. The van der Waals surface area contributed by atoms with E-state index >= 15 is 0 Å². The van der Waals surface area contributed by atoms with Gasteiger partial charge in [-0.3, -0.25) is 9.78 Å². The van der Waals surface area contributed by atoms with Crippen LogP contribution in [0.5, 0.6) is 5.75 Å². The molecule has 5 nitrogen and oxygen atoms in total. The number of nitrogens with zero attached hydrogens (tertiary/aromatic N) is 1. The Hall–Kier alpha value is -1.88. The van der Waals surface area contributed by atoms with E-state index in [-0.39, 0.29) is 18.2 Å². The molecule has 0 saturated heterocycles. The number of aromatic nitrogens is 1. The van der Waals surface area contributed by atoms with Crippen LogP contribution in [0.15, 0.2) is 24.5 Å². The van der Waals surface area contributed by atoms with Crippen LogP contribution in [0.4, 0.5) is 0 Å². The van der Waals surface area contributed by atoms with Gasteiger partial charge in [-0.25, -0.2) is 0 Å². The number of pyridine rings is 1. The van der Waals surface area contributed by atoms with Crippen LogP contribution in [-0.4, -0.2) is 33.3 Å². The molecule has 0 aliphatic rings. The molecule has 19 heavy (non-hydrogen) atoms. The maximum Gasteiger partial charge on any atom is 0.244 e. The Morgan fingerprint density at radius 3 is 2.68 bits per heavy atom. The van der Waals surface area contributed by atoms with Crippen LogP contribution in [0.2, 0.25) is 0 Å². The van der Waals surface area contributed by atoms with E-state index in [0.29, 0.717) is 18.4 Å². The molecule has 0 atom stereocenters. The summed E-state index contributed by atoms with van der Waals surface area (Å²) in [7, 11) is 0. The highest BCUT2D eigenvalue weighted by Gasteiger charge is 2.22. The fourth-order valence-corrected chi connectivity index (χ4v) is 1.52. The zero-order chi connectivity index (χ0) is 14.3. The van der Waals surface area contributed by atoms with E-state index in [2.05, 4.69) is 10.3 Å². The Morgan fingerprint density at radius 2 is 2.11 bits per heavy atom. The van der Waals surface area contributed by atoms with Crippen molar-refractivity contribution in [2.45, 2.75) is 32.3 Å². The molecule has 0 fully saturated rings. The van der Waals surface area contributed by atoms with Gasteiger partial charge in [-0.15, -0.1) is 0 Å². The molecule has 0 aliphatic heterocycles. The minimum atomic E-state index is -0.851. The third kappa shape index (κ3) is 5.09. The molecular weight excluding hydrogens is 244 g/mol. The standard InChI is InChI=1S/C14H20N2O3/c1-3-14(19,4-2)10-16-13(18)6-5-11-7-12(17)9-15-8-11/h5-9,17,19H,3-4,10H2,1-2H3,(H,16,18)/b6-5+. The molecule has 1 aromatic rings. The van der Waals surface area contributed by atoms with Gasteiger partial charge in [0.25, 0.3) is 0 Å². The second kappa shape index (κ2) is 6.89. The summed E-state index contributed by atoms with van der Waals surface area (Å²) < 4.78 is 0. The molecule has 0 unspecified atom stereocenters. The van der Waals surface area contributed by atoms with Gasteiger partial charge in [-0.2, -0.15) is 0 Å². The Labute approximate surface area is 113 Å². The molecule has 0 aliphatic carbocycles. The smallest absolute Gasteiger partial charge is 0.244 e. The molecule has 0 spiro atoms. The van der Waals surface area contributed by atoms with Crippen molar-refractivity contribution >= 4 is 12.0 Å². The van der Waals surface area contributed by atoms with E-state index in [9.17, 15) is 15.0 Å². The average molecular weight is 264 g/mol. The number of carbonyl (C=O) groups excluding carboxylic acids is 1.